The van der Waals surface area contributed by atoms with Crippen LogP contribution in [0.2, 0.25) is 0 Å². The number of hydrogen-bond donors (Lipinski definition) is 3. The van der Waals surface area contributed by atoms with Gasteiger partial charge in [-0.1, -0.05) is 17.3 Å². The van der Waals surface area contributed by atoms with Crippen LogP contribution in [0.15, 0.2) is 47.8 Å². The van der Waals surface area contributed by atoms with E-state index in [1.54, 1.807) is 36.4 Å². The largest absolute Gasteiger partial charge is 0.409 e. The zero-order valence-corrected chi connectivity index (χ0v) is 10.9. The van der Waals surface area contributed by atoms with Gasteiger partial charge in [0.25, 0.3) is 5.91 Å². The fraction of sp³-hybridized carbons (Fsp3) is 0.0714. The highest BCUT2D eigenvalue weighted by molar-refractivity contribution is 6.09. The molecule has 0 aliphatic rings. The van der Waals surface area contributed by atoms with Crippen LogP contribution in [0.5, 0.6) is 0 Å². The van der Waals surface area contributed by atoms with Crippen molar-refractivity contribution in [3.8, 4) is 0 Å². The summed E-state index contributed by atoms with van der Waals surface area (Å²) >= 11 is 0. The van der Waals surface area contributed by atoms with Crippen LogP contribution in [0.4, 0.5) is 5.69 Å². The highest BCUT2D eigenvalue weighted by atomic mass is 16.4. The van der Waals surface area contributed by atoms with Crippen molar-refractivity contribution >= 4 is 17.4 Å². The minimum Gasteiger partial charge on any atom is -0.409 e. The van der Waals surface area contributed by atoms with Crippen LogP contribution >= 0.6 is 0 Å². The number of nitrogens with two attached hydrogens (primary N) is 1. The number of benzene rings is 1. The molecule has 0 saturated heterocycles. The molecule has 1 aromatic heterocycles. The molecule has 4 N–H and O–H groups in total. The molecule has 0 atom stereocenters. The molecule has 0 fully saturated rings. The standard InChI is InChI=1S/C14H14N4O2/c1-9-6-7-10(8-16-9)14(19)17-12-5-3-2-4-11(12)13(15)18-20/h2-8,20H,1H3,(H2,15,18)(H,17,19). The Bertz CT molecular complexity index is 650. The Labute approximate surface area is 115 Å². The Morgan fingerprint density at radius 2 is 2.05 bits per heavy atom. The van der Waals surface area contributed by atoms with Gasteiger partial charge in [0.1, 0.15) is 0 Å². The third-order valence-electron chi connectivity index (χ3n) is 2.73. The minimum atomic E-state index is -0.310. The lowest BCUT2D eigenvalue weighted by Gasteiger charge is -2.09. The number of aryl methyl sites for hydroxylation is 1. The molecule has 6 nitrogen and oxygen atoms in total. The van der Waals surface area contributed by atoms with Crippen LogP contribution in [-0.4, -0.2) is 21.9 Å². The maximum atomic E-state index is 12.1. The number of amides is 1. The molecule has 0 spiro atoms. The number of amidine groups is 1. The highest BCUT2D eigenvalue weighted by Crippen LogP contribution is 2.15. The number of carbonyl (C=O) groups is 1. The monoisotopic (exact) mass is 270 g/mol. The van der Waals surface area contributed by atoms with Gasteiger partial charge in [0.05, 0.1) is 11.3 Å². The van der Waals surface area contributed by atoms with Gasteiger partial charge < -0.3 is 16.3 Å². The molecule has 1 amide bonds. The molecule has 0 radical (unpaired) electrons. The number of nitrogens with zero attached hydrogens (tertiary/aromatic N) is 2. The number of para-hydroxylation sites is 1. The number of hydrogen-bond acceptors (Lipinski definition) is 4. The van der Waals surface area contributed by atoms with Crippen molar-refractivity contribution in [1.29, 1.82) is 0 Å². The van der Waals surface area contributed by atoms with Gasteiger partial charge in [-0.05, 0) is 31.2 Å². The molecular weight excluding hydrogens is 256 g/mol. The van der Waals surface area contributed by atoms with Crippen molar-refractivity contribution in [2.45, 2.75) is 6.92 Å². The van der Waals surface area contributed by atoms with Crippen LogP contribution in [-0.2, 0) is 0 Å². The van der Waals surface area contributed by atoms with Gasteiger partial charge in [-0.2, -0.15) is 0 Å². The first-order valence-electron chi connectivity index (χ1n) is 5.92. The Kier molecular flexibility index (Phi) is 3.95. The van der Waals surface area contributed by atoms with Gasteiger partial charge in [0, 0.05) is 17.5 Å². The Morgan fingerprint density at radius 1 is 1.30 bits per heavy atom. The number of oxime groups is 1. The van der Waals surface area contributed by atoms with Crippen molar-refractivity contribution in [2.75, 3.05) is 5.32 Å². The summed E-state index contributed by atoms with van der Waals surface area (Å²) < 4.78 is 0. The molecule has 1 aromatic carbocycles. The second-order valence-electron chi connectivity index (χ2n) is 4.17. The lowest BCUT2D eigenvalue weighted by atomic mass is 10.1. The van der Waals surface area contributed by atoms with Crippen molar-refractivity contribution in [1.82, 2.24) is 4.98 Å². The van der Waals surface area contributed by atoms with Crippen molar-refractivity contribution in [3.63, 3.8) is 0 Å². The normalized spacial score (nSPS) is 11.2. The first kappa shape index (κ1) is 13.5. The number of carbonyl (C=O) groups excluding carboxylic acids is 1. The van der Waals surface area contributed by atoms with E-state index in [0.29, 0.717) is 16.8 Å². The third kappa shape index (κ3) is 2.92. The highest BCUT2D eigenvalue weighted by Gasteiger charge is 2.11. The third-order valence-corrected chi connectivity index (χ3v) is 2.73. The first-order chi connectivity index (χ1) is 9.61. The SMILES string of the molecule is Cc1ccc(C(=O)Nc2ccccc2/C(N)=N/O)cn1. The second kappa shape index (κ2) is 5.83. The van der Waals surface area contributed by atoms with Crippen molar-refractivity contribution < 1.29 is 10.0 Å². The van der Waals surface area contributed by atoms with E-state index in [1.165, 1.54) is 6.20 Å². The Hall–Kier alpha value is -2.89. The van der Waals surface area contributed by atoms with E-state index in [0.717, 1.165) is 5.69 Å². The zero-order valence-electron chi connectivity index (χ0n) is 10.9. The van der Waals surface area contributed by atoms with E-state index in [2.05, 4.69) is 15.5 Å². The van der Waals surface area contributed by atoms with E-state index < -0.39 is 0 Å². The summed E-state index contributed by atoms with van der Waals surface area (Å²) in [7, 11) is 0. The van der Waals surface area contributed by atoms with Gasteiger partial charge in [0.15, 0.2) is 5.84 Å². The predicted octanol–water partition coefficient (Wildman–Crippen LogP) is 1.74. The summed E-state index contributed by atoms with van der Waals surface area (Å²) in [6.45, 7) is 1.84. The molecule has 0 aliphatic heterocycles. The van der Waals surface area contributed by atoms with Crippen molar-refractivity contribution in [2.24, 2.45) is 10.9 Å². The molecule has 6 heteroatoms. The molecule has 0 unspecified atom stereocenters. The second-order valence-corrected chi connectivity index (χ2v) is 4.17. The maximum absolute atomic E-state index is 12.1. The average Bonchev–Trinajstić information content (AvgIpc) is 2.47. The van der Waals surface area contributed by atoms with E-state index in [1.807, 2.05) is 6.92 Å². The Balaban J connectivity index is 2.26. The summed E-state index contributed by atoms with van der Waals surface area (Å²) in [5, 5.41) is 14.4. The van der Waals surface area contributed by atoms with Gasteiger partial charge in [0.2, 0.25) is 0 Å². The van der Waals surface area contributed by atoms with Crippen LogP contribution in [0, 0.1) is 6.92 Å². The van der Waals surface area contributed by atoms with E-state index in [4.69, 9.17) is 10.9 Å². The van der Waals surface area contributed by atoms with Crippen LogP contribution in [0.1, 0.15) is 21.6 Å². The molecule has 102 valence electrons. The summed E-state index contributed by atoms with van der Waals surface area (Å²) in [5.41, 5.74) is 7.75. The van der Waals surface area contributed by atoms with E-state index in [-0.39, 0.29) is 11.7 Å². The van der Waals surface area contributed by atoms with Crippen LogP contribution in [0.3, 0.4) is 0 Å². The molecule has 2 rings (SSSR count). The average molecular weight is 270 g/mol. The summed E-state index contributed by atoms with van der Waals surface area (Å²) in [5.74, 6) is -0.376. The molecule has 0 saturated carbocycles. The molecule has 0 aliphatic carbocycles. The fourth-order valence-electron chi connectivity index (χ4n) is 1.67. The number of nitrogens with one attached hydrogen (secondary N) is 1. The lowest BCUT2D eigenvalue weighted by molar-refractivity contribution is 0.102. The van der Waals surface area contributed by atoms with Crippen molar-refractivity contribution in [3.05, 3.63) is 59.4 Å². The predicted molar refractivity (Wildman–Crippen MR) is 75.9 cm³/mol. The number of pyridine rings is 1. The lowest BCUT2D eigenvalue weighted by Crippen LogP contribution is -2.19. The van der Waals surface area contributed by atoms with Gasteiger partial charge in [-0.15, -0.1) is 0 Å². The topological polar surface area (TPSA) is 101 Å². The molecular formula is C14H14N4O2. The number of aromatic nitrogens is 1. The smallest absolute Gasteiger partial charge is 0.257 e. The quantitative estimate of drug-likeness (QED) is 0.342. The van der Waals surface area contributed by atoms with Crippen LogP contribution in [0.25, 0.3) is 0 Å². The molecule has 0 bridgehead atoms. The maximum Gasteiger partial charge on any atom is 0.257 e. The molecule has 1 heterocycles. The first-order valence-corrected chi connectivity index (χ1v) is 5.92. The summed E-state index contributed by atoms with van der Waals surface area (Å²) in [6.07, 6.45) is 1.50. The van der Waals surface area contributed by atoms with Crippen LogP contribution < -0.4 is 11.1 Å². The van der Waals surface area contributed by atoms with E-state index >= 15 is 0 Å². The Morgan fingerprint density at radius 3 is 2.70 bits per heavy atom. The zero-order chi connectivity index (χ0) is 14.5. The molecule has 2 aromatic rings. The van der Waals surface area contributed by atoms with Gasteiger partial charge in [-0.3, -0.25) is 9.78 Å². The van der Waals surface area contributed by atoms with Gasteiger partial charge in [-0.25, -0.2) is 0 Å². The number of rotatable bonds is 3. The summed E-state index contributed by atoms with van der Waals surface area (Å²) in [6, 6.07) is 10.2. The summed E-state index contributed by atoms with van der Waals surface area (Å²) in [4.78, 5) is 16.2. The van der Waals surface area contributed by atoms with E-state index in [9.17, 15) is 4.79 Å². The fourth-order valence-corrected chi connectivity index (χ4v) is 1.67. The minimum absolute atomic E-state index is 0.0667. The number of anilines is 1. The van der Waals surface area contributed by atoms with Gasteiger partial charge >= 0.3 is 0 Å². The molecule has 20 heavy (non-hydrogen) atoms.